The molecule has 0 spiro atoms. The molecule has 0 aliphatic heterocycles. The molecule has 0 saturated heterocycles. The highest BCUT2D eigenvalue weighted by Gasteiger charge is 2.33. The lowest BCUT2D eigenvalue weighted by molar-refractivity contribution is -0.142. The SMILES string of the molecule is CCn1nc(C(C)C)cc1C(=O)NC(C(=O)O)C(C)(C)C. The maximum absolute atomic E-state index is 12.4. The van der Waals surface area contributed by atoms with Gasteiger partial charge < -0.3 is 10.4 Å². The van der Waals surface area contributed by atoms with Gasteiger partial charge in [-0.1, -0.05) is 34.6 Å². The van der Waals surface area contributed by atoms with Crippen molar-refractivity contribution in [2.45, 2.75) is 60.0 Å². The lowest BCUT2D eigenvalue weighted by Gasteiger charge is -2.27. The summed E-state index contributed by atoms with van der Waals surface area (Å²) in [6, 6.07) is 0.776. The van der Waals surface area contributed by atoms with E-state index >= 15 is 0 Å². The number of nitrogens with zero attached hydrogens (tertiary/aromatic N) is 2. The van der Waals surface area contributed by atoms with Gasteiger partial charge in [-0.25, -0.2) is 4.79 Å². The zero-order valence-electron chi connectivity index (χ0n) is 13.6. The first-order valence-electron chi connectivity index (χ1n) is 7.19. The molecule has 1 aromatic heterocycles. The van der Waals surface area contributed by atoms with Crippen LogP contribution in [-0.2, 0) is 11.3 Å². The number of aromatic nitrogens is 2. The Balaban J connectivity index is 3.05. The van der Waals surface area contributed by atoms with Gasteiger partial charge in [-0.2, -0.15) is 5.10 Å². The summed E-state index contributed by atoms with van der Waals surface area (Å²) in [5.74, 6) is -1.23. The van der Waals surface area contributed by atoms with Gasteiger partial charge in [0.15, 0.2) is 0 Å². The zero-order valence-corrected chi connectivity index (χ0v) is 13.6. The number of nitrogens with one attached hydrogen (secondary N) is 1. The largest absolute Gasteiger partial charge is 0.480 e. The van der Waals surface area contributed by atoms with Crippen molar-refractivity contribution in [3.63, 3.8) is 0 Å². The molecular formula is C15H25N3O3. The Morgan fingerprint density at radius 2 is 1.95 bits per heavy atom. The first kappa shape index (κ1) is 17.2. The zero-order chi connectivity index (χ0) is 16.4. The van der Waals surface area contributed by atoms with E-state index in [1.54, 1.807) is 31.5 Å². The van der Waals surface area contributed by atoms with Gasteiger partial charge in [0.1, 0.15) is 11.7 Å². The monoisotopic (exact) mass is 295 g/mol. The van der Waals surface area contributed by atoms with Crippen LogP contribution in [0.1, 0.15) is 63.6 Å². The maximum atomic E-state index is 12.4. The molecule has 21 heavy (non-hydrogen) atoms. The number of carboxylic acid groups (broad SMARTS) is 1. The van der Waals surface area contributed by atoms with E-state index in [0.29, 0.717) is 12.2 Å². The first-order chi connectivity index (χ1) is 9.57. The van der Waals surface area contributed by atoms with Crippen molar-refractivity contribution in [2.75, 3.05) is 0 Å². The summed E-state index contributed by atoms with van der Waals surface area (Å²) >= 11 is 0. The van der Waals surface area contributed by atoms with E-state index in [-0.39, 0.29) is 5.92 Å². The van der Waals surface area contributed by atoms with E-state index in [4.69, 9.17) is 0 Å². The van der Waals surface area contributed by atoms with E-state index < -0.39 is 23.3 Å². The summed E-state index contributed by atoms with van der Waals surface area (Å²) in [4.78, 5) is 23.7. The number of carbonyl (C=O) groups excluding carboxylic acids is 1. The van der Waals surface area contributed by atoms with Gasteiger partial charge in [0.2, 0.25) is 0 Å². The Kier molecular flexibility index (Phi) is 5.15. The maximum Gasteiger partial charge on any atom is 0.326 e. The van der Waals surface area contributed by atoms with Crippen LogP contribution in [0.4, 0.5) is 0 Å². The Hall–Kier alpha value is -1.85. The topological polar surface area (TPSA) is 84.2 Å². The normalized spacial score (nSPS) is 13.3. The van der Waals surface area contributed by atoms with Crippen LogP contribution < -0.4 is 5.32 Å². The number of aliphatic carboxylic acids is 1. The molecule has 1 amide bonds. The number of amides is 1. The summed E-state index contributed by atoms with van der Waals surface area (Å²) in [5, 5.41) is 16.3. The summed E-state index contributed by atoms with van der Waals surface area (Å²) in [5.41, 5.74) is 0.653. The Morgan fingerprint density at radius 1 is 1.38 bits per heavy atom. The molecule has 0 saturated carbocycles. The van der Waals surface area contributed by atoms with Gasteiger partial charge in [-0.3, -0.25) is 9.48 Å². The van der Waals surface area contributed by atoms with E-state index in [2.05, 4.69) is 10.4 Å². The molecule has 0 aliphatic carbocycles. The predicted molar refractivity (Wildman–Crippen MR) is 80.3 cm³/mol. The van der Waals surface area contributed by atoms with Gasteiger partial charge in [0.25, 0.3) is 5.91 Å². The molecule has 1 heterocycles. The smallest absolute Gasteiger partial charge is 0.326 e. The molecule has 0 radical (unpaired) electrons. The highest BCUT2D eigenvalue weighted by molar-refractivity contribution is 5.95. The quantitative estimate of drug-likeness (QED) is 0.872. The fraction of sp³-hybridized carbons (Fsp3) is 0.667. The van der Waals surface area contributed by atoms with Gasteiger partial charge in [0, 0.05) is 6.54 Å². The standard InChI is InChI=1S/C15H25N3O3/c1-7-18-11(8-10(17-18)9(2)3)13(19)16-12(14(20)21)15(4,5)6/h8-9,12H,7H2,1-6H3,(H,16,19)(H,20,21). The summed E-state index contributed by atoms with van der Waals surface area (Å²) in [6.45, 7) is 11.8. The molecule has 118 valence electrons. The Morgan fingerprint density at radius 3 is 2.33 bits per heavy atom. The third-order valence-corrected chi connectivity index (χ3v) is 3.31. The van der Waals surface area contributed by atoms with Gasteiger partial charge in [0.05, 0.1) is 5.69 Å². The van der Waals surface area contributed by atoms with Crippen LogP contribution in [0.25, 0.3) is 0 Å². The van der Waals surface area contributed by atoms with Crippen LogP contribution in [0.15, 0.2) is 6.07 Å². The van der Waals surface area contributed by atoms with Gasteiger partial charge in [-0.05, 0) is 24.3 Å². The molecule has 1 aromatic rings. The highest BCUT2D eigenvalue weighted by atomic mass is 16.4. The van der Waals surface area contributed by atoms with Crippen LogP contribution in [0.2, 0.25) is 0 Å². The minimum Gasteiger partial charge on any atom is -0.480 e. The second kappa shape index (κ2) is 6.28. The minimum absolute atomic E-state index is 0.210. The second-order valence-corrected chi connectivity index (χ2v) is 6.54. The number of aryl methyl sites for hydroxylation is 1. The summed E-state index contributed by atoms with van der Waals surface area (Å²) in [7, 11) is 0. The molecule has 1 rings (SSSR count). The fourth-order valence-corrected chi connectivity index (χ4v) is 2.00. The highest BCUT2D eigenvalue weighted by Crippen LogP contribution is 2.20. The lowest BCUT2D eigenvalue weighted by atomic mass is 9.86. The molecular weight excluding hydrogens is 270 g/mol. The van der Waals surface area contributed by atoms with Crippen LogP contribution in [0.3, 0.4) is 0 Å². The average Bonchev–Trinajstić information content (AvgIpc) is 2.78. The van der Waals surface area contributed by atoms with E-state index in [1.165, 1.54) is 0 Å². The lowest BCUT2D eigenvalue weighted by Crippen LogP contribution is -2.49. The van der Waals surface area contributed by atoms with Crippen molar-refractivity contribution in [3.05, 3.63) is 17.5 Å². The molecule has 6 nitrogen and oxygen atoms in total. The summed E-state index contributed by atoms with van der Waals surface area (Å²) < 4.78 is 1.60. The van der Waals surface area contributed by atoms with Gasteiger partial charge >= 0.3 is 5.97 Å². The van der Waals surface area contributed by atoms with E-state index in [9.17, 15) is 14.7 Å². The number of carbonyl (C=O) groups is 2. The van der Waals surface area contributed by atoms with Gasteiger partial charge in [-0.15, -0.1) is 0 Å². The first-order valence-corrected chi connectivity index (χ1v) is 7.19. The van der Waals surface area contributed by atoms with Crippen molar-refractivity contribution in [1.82, 2.24) is 15.1 Å². The number of hydrogen-bond acceptors (Lipinski definition) is 3. The predicted octanol–water partition coefficient (Wildman–Crippen LogP) is 2.26. The van der Waals surface area contributed by atoms with Crippen LogP contribution in [0, 0.1) is 5.41 Å². The molecule has 2 N–H and O–H groups in total. The fourth-order valence-electron chi connectivity index (χ4n) is 2.00. The van der Waals surface area contributed by atoms with Crippen molar-refractivity contribution < 1.29 is 14.7 Å². The Bertz CT molecular complexity index is 527. The van der Waals surface area contributed by atoms with Crippen LogP contribution >= 0.6 is 0 Å². The summed E-state index contributed by atoms with van der Waals surface area (Å²) in [6.07, 6.45) is 0. The third kappa shape index (κ3) is 4.06. The van der Waals surface area contributed by atoms with Crippen molar-refractivity contribution in [1.29, 1.82) is 0 Å². The second-order valence-electron chi connectivity index (χ2n) is 6.54. The molecule has 1 unspecified atom stereocenters. The van der Waals surface area contributed by atoms with E-state index in [0.717, 1.165) is 5.69 Å². The molecule has 0 aliphatic rings. The molecule has 6 heteroatoms. The molecule has 1 atom stereocenters. The number of hydrogen-bond donors (Lipinski definition) is 2. The number of rotatable bonds is 5. The van der Waals surface area contributed by atoms with Crippen molar-refractivity contribution >= 4 is 11.9 Å². The van der Waals surface area contributed by atoms with E-state index in [1.807, 2.05) is 20.8 Å². The molecule has 0 fully saturated rings. The number of carboxylic acids is 1. The Labute approximate surface area is 125 Å². The van der Waals surface area contributed by atoms with Crippen LogP contribution in [0.5, 0.6) is 0 Å². The van der Waals surface area contributed by atoms with Crippen molar-refractivity contribution in [2.24, 2.45) is 5.41 Å². The third-order valence-electron chi connectivity index (χ3n) is 3.31. The molecule has 0 aromatic carbocycles. The average molecular weight is 295 g/mol. The minimum atomic E-state index is -1.04. The van der Waals surface area contributed by atoms with Crippen molar-refractivity contribution in [3.8, 4) is 0 Å². The van der Waals surface area contributed by atoms with Crippen LogP contribution in [-0.4, -0.2) is 32.8 Å². The molecule has 0 bridgehead atoms.